The Balaban J connectivity index is 4.20. The predicted octanol–water partition coefficient (Wildman–Crippen LogP) is 2.86. The van der Waals surface area contributed by atoms with Crippen LogP contribution in [0.1, 0.15) is 13.3 Å². The number of carbonyl (C=O) groups is 1. The highest BCUT2D eigenvalue weighted by molar-refractivity contribution is 6.78. The molecule has 1 nitrogen and oxygen atoms in total. The van der Waals surface area contributed by atoms with E-state index in [1.807, 2.05) is 13.0 Å². The third kappa shape index (κ3) is 4.14. The van der Waals surface area contributed by atoms with E-state index < -0.39 is 8.07 Å². The number of aldehydes is 1. The van der Waals surface area contributed by atoms with Gasteiger partial charge in [-0.25, -0.2) is 0 Å². The lowest BCUT2D eigenvalue weighted by atomic mass is 10.3. The van der Waals surface area contributed by atoms with E-state index in [0.717, 1.165) is 6.29 Å². The molecule has 64 valence electrons. The molecule has 0 fully saturated rings. The zero-order valence-corrected chi connectivity index (χ0v) is 8.92. The van der Waals surface area contributed by atoms with Crippen molar-refractivity contribution in [3.63, 3.8) is 0 Å². The van der Waals surface area contributed by atoms with Crippen LogP contribution in [0.2, 0.25) is 25.2 Å². The molecule has 0 aliphatic carbocycles. The van der Waals surface area contributed by atoms with Crippen molar-refractivity contribution in [1.82, 2.24) is 0 Å². The van der Waals surface area contributed by atoms with E-state index >= 15 is 0 Å². The van der Waals surface area contributed by atoms with E-state index in [2.05, 4.69) is 25.7 Å². The summed E-state index contributed by atoms with van der Waals surface area (Å²) in [6.45, 7) is 8.89. The minimum Gasteiger partial charge on any atom is -0.303 e. The van der Waals surface area contributed by atoms with Gasteiger partial charge in [0.2, 0.25) is 0 Å². The molecule has 0 N–H and O–H groups in total. The molecule has 0 aliphatic heterocycles. The first kappa shape index (κ1) is 10.6. The second kappa shape index (κ2) is 4.49. The molecule has 2 heteroatoms. The van der Waals surface area contributed by atoms with Crippen LogP contribution in [0.4, 0.5) is 0 Å². The summed E-state index contributed by atoms with van der Waals surface area (Å²) in [4.78, 5) is 10.3. The molecule has 0 aromatic carbocycles. The Morgan fingerprint density at radius 3 is 2.18 bits per heavy atom. The predicted molar refractivity (Wildman–Crippen MR) is 52.6 cm³/mol. The minimum atomic E-state index is -1.15. The van der Waals surface area contributed by atoms with Gasteiger partial charge in [0.05, 0.1) is 8.07 Å². The molecular weight excluding hydrogens is 152 g/mol. The summed E-state index contributed by atoms with van der Waals surface area (Å²) in [5.41, 5.74) is 0.519. The van der Waals surface area contributed by atoms with Gasteiger partial charge in [-0.15, -0.1) is 0 Å². The number of rotatable bonds is 4. The number of carbonyl (C=O) groups excluding carboxylic acids is 1. The molecule has 0 saturated heterocycles. The van der Waals surface area contributed by atoms with Crippen molar-refractivity contribution in [3.05, 3.63) is 12.2 Å². The van der Waals surface area contributed by atoms with Crippen molar-refractivity contribution in [2.45, 2.75) is 38.5 Å². The molecule has 0 aliphatic rings. The van der Waals surface area contributed by atoms with Gasteiger partial charge in [-0.05, 0) is 12.5 Å². The molecule has 0 radical (unpaired) electrons. The summed E-state index contributed by atoms with van der Waals surface area (Å²) in [6.07, 6.45) is 5.94. The third-order valence-electron chi connectivity index (χ3n) is 1.89. The van der Waals surface area contributed by atoms with E-state index in [1.165, 1.54) is 0 Å². The average molecular weight is 170 g/mol. The summed E-state index contributed by atoms with van der Waals surface area (Å²) in [5.74, 6) is 0. The molecule has 0 rings (SSSR count). The Hall–Kier alpha value is -0.373. The highest BCUT2D eigenvalue weighted by Crippen LogP contribution is 2.25. The van der Waals surface area contributed by atoms with Gasteiger partial charge in [0.15, 0.2) is 0 Å². The van der Waals surface area contributed by atoms with Crippen LogP contribution in [0.5, 0.6) is 0 Å². The quantitative estimate of drug-likeness (QED) is 0.360. The van der Waals surface area contributed by atoms with Crippen molar-refractivity contribution in [2.24, 2.45) is 0 Å². The second-order valence-electron chi connectivity index (χ2n) is 3.90. The number of hydrogen-bond donors (Lipinski definition) is 0. The van der Waals surface area contributed by atoms with E-state index in [4.69, 9.17) is 0 Å². The van der Waals surface area contributed by atoms with Crippen molar-refractivity contribution < 1.29 is 4.79 Å². The Kier molecular flexibility index (Phi) is 4.34. The molecule has 1 atom stereocenters. The molecule has 0 aromatic heterocycles. The van der Waals surface area contributed by atoms with Crippen molar-refractivity contribution >= 4 is 14.4 Å². The standard InChI is InChI=1S/C9H18OSi/c1-5-6-9(7-8-10)11(2,3)4/h5-6,8-9H,7H2,1-4H3/b6-5+. The zero-order chi connectivity index (χ0) is 8.91. The van der Waals surface area contributed by atoms with Gasteiger partial charge in [-0.3, -0.25) is 0 Å². The van der Waals surface area contributed by atoms with E-state index in [9.17, 15) is 4.79 Å². The summed E-state index contributed by atoms with van der Waals surface area (Å²) in [7, 11) is -1.15. The fourth-order valence-corrected chi connectivity index (χ4v) is 2.63. The van der Waals surface area contributed by atoms with Crippen LogP contribution in [0.3, 0.4) is 0 Å². The Bertz CT molecular complexity index is 144. The van der Waals surface area contributed by atoms with E-state index in [-0.39, 0.29) is 0 Å². The fourth-order valence-electron chi connectivity index (χ4n) is 1.06. The lowest BCUT2D eigenvalue weighted by Gasteiger charge is -2.23. The smallest absolute Gasteiger partial charge is 0.120 e. The van der Waals surface area contributed by atoms with Gasteiger partial charge in [0.1, 0.15) is 6.29 Å². The summed E-state index contributed by atoms with van der Waals surface area (Å²) < 4.78 is 0. The zero-order valence-electron chi connectivity index (χ0n) is 7.92. The van der Waals surface area contributed by atoms with Crippen LogP contribution in [-0.4, -0.2) is 14.4 Å². The van der Waals surface area contributed by atoms with Crippen molar-refractivity contribution in [3.8, 4) is 0 Å². The topological polar surface area (TPSA) is 17.1 Å². The van der Waals surface area contributed by atoms with Crippen LogP contribution in [0, 0.1) is 0 Å². The summed E-state index contributed by atoms with van der Waals surface area (Å²) >= 11 is 0. The molecule has 0 bridgehead atoms. The number of hydrogen-bond acceptors (Lipinski definition) is 1. The largest absolute Gasteiger partial charge is 0.303 e. The number of allylic oxidation sites excluding steroid dienone is 2. The lowest BCUT2D eigenvalue weighted by molar-refractivity contribution is -0.107. The van der Waals surface area contributed by atoms with E-state index in [1.54, 1.807) is 0 Å². The third-order valence-corrected chi connectivity index (χ3v) is 4.54. The van der Waals surface area contributed by atoms with Gasteiger partial charge < -0.3 is 4.79 Å². The Morgan fingerprint density at radius 2 is 1.91 bits per heavy atom. The highest BCUT2D eigenvalue weighted by Gasteiger charge is 2.23. The first-order chi connectivity index (χ1) is 5.02. The van der Waals surface area contributed by atoms with E-state index in [0.29, 0.717) is 12.0 Å². The minimum absolute atomic E-state index is 0.519. The van der Waals surface area contributed by atoms with Crippen LogP contribution < -0.4 is 0 Å². The average Bonchev–Trinajstić information content (AvgIpc) is 1.85. The van der Waals surface area contributed by atoms with Crippen LogP contribution in [-0.2, 0) is 4.79 Å². The Labute approximate surface area is 70.5 Å². The van der Waals surface area contributed by atoms with Crippen LogP contribution >= 0.6 is 0 Å². The van der Waals surface area contributed by atoms with Crippen molar-refractivity contribution in [2.75, 3.05) is 0 Å². The lowest BCUT2D eigenvalue weighted by Crippen LogP contribution is -2.27. The Morgan fingerprint density at radius 1 is 1.36 bits per heavy atom. The first-order valence-electron chi connectivity index (χ1n) is 4.08. The van der Waals surface area contributed by atoms with Gasteiger partial charge in [-0.2, -0.15) is 0 Å². The van der Waals surface area contributed by atoms with Gasteiger partial charge in [0.25, 0.3) is 0 Å². The maximum Gasteiger partial charge on any atom is 0.120 e. The SMILES string of the molecule is C/C=C/C(CC=O)[Si](C)(C)C. The molecule has 0 heterocycles. The molecule has 0 aromatic rings. The maximum atomic E-state index is 10.3. The highest BCUT2D eigenvalue weighted by atomic mass is 28.3. The van der Waals surface area contributed by atoms with Gasteiger partial charge in [0, 0.05) is 6.42 Å². The maximum absolute atomic E-state index is 10.3. The monoisotopic (exact) mass is 170 g/mol. The molecular formula is C9H18OSi. The van der Waals surface area contributed by atoms with Gasteiger partial charge in [-0.1, -0.05) is 31.8 Å². The molecule has 1 unspecified atom stereocenters. The molecule has 0 spiro atoms. The fraction of sp³-hybridized carbons (Fsp3) is 0.667. The van der Waals surface area contributed by atoms with Crippen LogP contribution in [0.25, 0.3) is 0 Å². The summed E-state index contributed by atoms with van der Waals surface area (Å²) in [6, 6.07) is 0. The second-order valence-corrected chi connectivity index (χ2v) is 9.37. The first-order valence-corrected chi connectivity index (χ1v) is 7.66. The van der Waals surface area contributed by atoms with Crippen LogP contribution in [0.15, 0.2) is 12.2 Å². The van der Waals surface area contributed by atoms with Crippen molar-refractivity contribution in [1.29, 1.82) is 0 Å². The summed E-state index contributed by atoms with van der Waals surface area (Å²) in [5, 5.41) is 0. The van der Waals surface area contributed by atoms with Gasteiger partial charge >= 0.3 is 0 Å². The molecule has 0 amide bonds. The molecule has 0 saturated carbocycles. The molecule has 11 heavy (non-hydrogen) atoms. The normalized spacial score (nSPS) is 15.3.